The van der Waals surface area contributed by atoms with Crippen LogP contribution in [0.2, 0.25) is 0 Å². The quantitative estimate of drug-likeness (QED) is 0.743. The Morgan fingerprint density at radius 1 is 1.38 bits per heavy atom. The van der Waals surface area contributed by atoms with Crippen molar-refractivity contribution in [3.05, 3.63) is 9.39 Å². The average Bonchev–Trinajstić information content (AvgIpc) is 2.23. The van der Waals surface area contributed by atoms with Crippen LogP contribution in [0.1, 0.15) is 26.5 Å². The Bertz CT molecular complexity index is 312. The second kappa shape index (κ2) is 3.48. The average molecular weight is 294 g/mol. The molecule has 74 valence electrons. The number of nitrogens with zero attached hydrogens (tertiary/aromatic N) is 2. The molecule has 0 spiro atoms. The Morgan fingerprint density at radius 2 is 1.92 bits per heavy atom. The summed E-state index contributed by atoms with van der Waals surface area (Å²) in [5.41, 5.74) is 1.20. The first-order valence-corrected chi connectivity index (χ1v) is 5.22. The van der Waals surface area contributed by atoms with E-state index in [1.165, 1.54) is 0 Å². The SMILES string of the molecule is COc1c(I)nn(C)c1C(C)(C)C. The molecule has 0 fully saturated rings. The summed E-state index contributed by atoms with van der Waals surface area (Å²) in [6.07, 6.45) is 0. The second-order valence-corrected chi connectivity index (χ2v) is 5.07. The first kappa shape index (κ1) is 10.8. The fourth-order valence-corrected chi connectivity index (χ4v) is 2.28. The standard InChI is InChI=1S/C9H15IN2O/c1-9(2,3)7-6(13-5)8(10)11-12(7)4/h1-5H3. The Labute approximate surface area is 92.6 Å². The summed E-state index contributed by atoms with van der Waals surface area (Å²) in [7, 11) is 3.64. The largest absolute Gasteiger partial charge is 0.492 e. The molecule has 1 aromatic heterocycles. The predicted molar refractivity (Wildman–Crippen MR) is 61.2 cm³/mol. The van der Waals surface area contributed by atoms with Gasteiger partial charge in [-0.2, -0.15) is 5.10 Å². The molecule has 1 aromatic rings. The number of aryl methyl sites for hydroxylation is 1. The first-order chi connectivity index (χ1) is 5.88. The fraction of sp³-hybridized carbons (Fsp3) is 0.667. The van der Waals surface area contributed by atoms with Crippen molar-refractivity contribution < 1.29 is 4.74 Å². The van der Waals surface area contributed by atoms with Crippen molar-refractivity contribution in [2.24, 2.45) is 7.05 Å². The van der Waals surface area contributed by atoms with Crippen LogP contribution in [0.25, 0.3) is 0 Å². The third-order valence-corrected chi connectivity index (χ3v) is 2.58. The van der Waals surface area contributed by atoms with E-state index in [2.05, 4.69) is 48.5 Å². The molecule has 0 saturated carbocycles. The zero-order chi connectivity index (χ0) is 10.2. The van der Waals surface area contributed by atoms with E-state index in [9.17, 15) is 0 Å². The number of rotatable bonds is 1. The Balaban J connectivity index is 3.34. The minimum atomic E-state index is 0.0660. The normalized spacial score (nSPS) is 11.8. The van der Waals surface area contributed by atoms with Gasteiger partial charge in [0.15, 0.2) is 9.45 Å². The third-order valence-electron chi connectivity index (χ3n) is 1.88. The highest BCUT2D eigenvalue weighted by Gasteiger charge is 2.25. The van der Waals surface area contributed by atoms with E-state index >= 15 is 0 Å². The molecule has 1 heterocycles. The van der Waals surface area contributed by atoms with Gasteiger partial charge >= 0.3 is 0 Å². The van der Waals surface area contributed by atoms with E-state index < -0.39 is 0 Å². The zero-order valence-electron chi connectivity index (χ0n) is 8.68. The van der Waals surface area contributed by atoms with Gasteiger partial charge in [0.25, 0.3) is 0 Å². The number of hydrogen-bond acceptors (Lipinski definition) is 2. The maximum absolute atomic E-state index is 5.33. The summed E-state index contributed by atoms with van der Waals surface area (Å²) in [5, 5.41) is 4.33. The summed E-state index contributed by atoms with van der Waals surface area (Å²) in [6.45, 7) is 6.47. The van der Waals surface area contributed by atoms with Crippen molar-refractivity contribution in [3.8, 4) is 5.75 Å². The molecule has 0 bridgehead atoms. The van der Waals surface area contributed by atoms with Crippen molar-refractivity contribution in [1.82, 2.24) is 9.78 Å². The second-order valence-electron chi connectivity index (χ2n) is 4.05. The highest BCUT2D eigenvalue weighted by Crippen LogP contribution is 2.33. The summed E-state index contributed by atoms with van der Waals surface area (Å²) >= 11 is 2.19. The van der Waals surface area contributed by atoms with Gasteiger partial charge in [-0.3, -0.25) is 4.68 Å². The van der Waals surface area contributed by atoms with Crippen LogP contribution >= 0.6 is 22.6 Å². The molecular formula is C9H15IN2O. The summed E-state index contributed by atoms with van der Waals surface area (Å²) in [5.74, 6) is 0.899. The van der Waals surface area contributed by atoms with Crippen LogP contribution in [-0.2, 0) is 12.5 Å². The van der Waals surface area contributed by atoms with Crippen LogP contribution in [0.15, 0.2) is 0 Å². The lowest BCUT2D eigenvalue weighted by atomic mass is 9.91. The van der Waals surface area contributed by atoms with E-state index in [1.807, 2.05) is 11.7 Å². The van der Waals surface area contributed by atoms with Crippen LogP contribution in [0.3, 0.4) is 0 Å². The lowest BCUT2D eigenvalue weighted by molar-refractivity contribution is 0.389. The van der Waals surface area contributed by atoms with Gasteiger partial charge in [-0.15, -0.1) is 0 Å². The van der Waals surface area contributed by atoms with Gasteiger partial charge in [0.1, 0.15) is 0 Å². The zero-order valence-corrected chi connectivity index (χ0v) is 10.8. The molecule has 0 aliphatic rings. The number of ether oxygens (including phenoxy) is 1. The summed E-state index contributed by atoms with van der Waals surface area (Å²) in [4.78, 5) is 0. The van der Waals surface area contributed by atoms with E-state index in [4.69, 9.17) is 4.74 Å². The minimum absolute atomic E-state index is 0.0660. The van der Waals surface area contributed by atoms with Crippen LogP contribution in [0.5, 0.6) is 5.75 Å². The molecule has 0 unspecified atom stereocenters. The van der Waals surface area contributed by atoms with Gasteiger partial charge in [0, 0.05) is 12.5 Å². The van der Waals surface area contributed by atoms with Crippen molar-refractivity contribution in [2.75, 3.05) is 7.11 Å². The highest BCUT2D eigenvalue weighted by atomic mass is 127. The van der Waals surface area contributed by atoms with Gasteiger partial charge in [-0.1, -0.05) is 20.8 Å². The highest BCUT2D eigenvalue weighted by molar-refractivity contribution is 14.1. The van der Waals surface area contributed by atoms with Crippen LogP contribution < -0.4 is 4.74 Å². The molecule has 0 atom stereocenters. The van der Waals surface area contributed by atoms with Gasteiger partial charge in [0.05, 0.1) is 12.8 Å². The van der Waals surface area contributed by atoms with Crippen molar-refractivity contribution in [3.63, 3.8) is 0 Å². The van der Waals surface area contributed by atoms with Crippen molar-refractivity contribution >= 4 is 22.6 Å². The molecular weight excluding hydrogens is 279 g/mol. The molecule has 0 aliphatic heterocycles. The van der Waals surface area contributed by atoms with Crippen LogP contribution in [0.4, 0.5) is 0 Å². The Kier molecular flexibility index (Phi) is 2.89. The molecule has 0 amide bonds. The minimum Gasteiger partial charge on any atom is -0.492 e. The van der Waals surface area contributed by atoms with E-state index in [0.717, 1.165) is 15.1 Å². The van der Waals surface area contributed by atoms with Crippen LogP contribution in [0, 0.1) is 3.70 Å². The molecule has 0 N–H and O–H groups in total. The van der Waals surface area contributed by atoms with Gasteiger partial charge < -0.3 is 4.74 Å². The number of aromatic nitrogens is 2. The molecule has 13 heavy (non-hydrogen) atoms. The Hall–Kier alpha value is -0.260. The lowest BCUT2D eigenvalue weighted by Gasteiger charge is -2.19. The number of hydrogen-bond donors (Lipinski definition) is 0. The fourth-order valence-electron chi connectivity index (χ4n) is 1.48. The summed E-state index contributed by atoms with van der Waals surface area (Å²) < 4.78 is 8.15. The van der Waals surface area contributed by atoms with Gasteiger partial charge in [0.2, 0.25) is 0 Å². The number of halogens is 1. The van der Waals surface area contributed by atoms with Gasteiger partial charge in [-0.05, 0) is 22.6 Å². The third kappa shape index (κ3) is 1.98. The lowest BCUT2D eigenvalue weighted by Crippen LogP contribution is -2.17. The van der Waals surface area contributed by atoms with E-state index in [1.54, 1.807) is 7.11 Å². The Morgan fingerprint density at radius 3 is 2.23 bits per heavy atom. The maximum atomic E-state index is 5.33. The predicted octanol–water partition coefficient (Wildman–Crippen LogP) is 2.33. The topological polar surface area (TPSA) is 27.1 Å². The molecule has 0 radical (unpaired) electrons. The number of methoxy groups -OCH3 is 1. The molecule has 0 aliphatic carbocycles. The van der Waals surface area contributed by atoms with E-state index in [-0.39, 0.29) is 5.41 Å². The van der Waals surface area contributed by atoms with Crippen LogP contribution in [-0.4, -0.2) is 16.9 Å². The van der Waals surface area contributed by atoms with E-state index in [0.29, 0.717) is 0 Å². The molecule has 0 saturated heterocycles. The molecule has 4 heteroatoms. The molecule has 0 aromatic carbocycles. The molecule has 1 rings (SSSR count). The monoisotopic (exact) mass is 294 g/mol. The maximum Gasteiger partial charge on any atom is 0.174 e. The summed E-state index contributed by atoms with van der Waals surface area (Å²) in [6, 6.07) is 0. The first-order valence-electron chi connectivity index (χ1n) is 4.15. The van der Waals surface area contributed by atoms with Crippen molar-refractivity contribution in [1.29, 1.82) is 0 Å². The molecule has 3 nitrogen and oxygen atoms in total. The van der Waals surface area contributed by atoms with Crippen molar-refractivity contribution in [2.45, 2.75) is 26.2 Å². The van der Waals surface area contributed by atoms with Gasteiger partial charge in [-0.25, -0.2) is 0 Å². The smallest absolute Gasteiger partial charge is 0.174 e.